The van der Waals surface area contributed by atoms with Crippen molar-refractivity contribution in [3.05, 3.63) is 0 Å². The van der Waals surface area contributed by atoms with E-state index in [1.165, 1.54) is 19.3 Å². The average molecular weight is 211 g/mol. The molecule has 1 rings (SSSR count). The number of hydrogen-bond acceptors (Lipinski definition) is 2. The predicted octanol–water partition coefficient (Wildman–Crippen LogP) is 2.07. The fraction of sp³-hybridized carbons (Fsp3) is 0.917. The van der Waals surface area contributed by atoms with E-state index in [-0.39, 0.29) is 0 Å². The summed E-state index contributed by atoms with van der Waals surface area (Å²) in [6.07, 6.45) is 3.81. The van der Waals surface area contributed by atoms with Crippen molar-refractivity contribution in [2.75, 3.05) is 19.6 Å². The molecule has 0 aromatic heterocycles. The summed E-state index contributed by atoms with van der Waals surface area (Å²) in [4.78, 5) is 2.31. The van der Waals surface area contributed by atoms with Crippen LogP contribution in [-0.2, 0) is 0 Å². The molecule has 0 aliphatic carbocycles. The van der Waals surface area contributed by atoms with Crippen LogP contribution in [0, 0.1) is 16.7 Å². The van der Waals surface area contributed by atoms with E-state index in [0.717, 1.165) is 19.0 Å². The van der Waals surface area contributed by atoms with Gasteiger partial charge >= 0.3 is 0 Å². The van der Waals surface area contributed by atoms with Gasteiger partial charge in [0.1, 0.15) is 5.84 Å². The highest BCUT2D eigenvalue weighted by Gasteiger charge is 2.26. The first-order chi connectivity index (χ1) is 6.89. The first-order valence-corrected chi connectivity index (χ1v) is 5.95. The van der Waals surface area contributed by atoms with Gasteiger partial charge in [0.25, 0.3) is 0 Å². The monoisotopic (exact) mass is 211 g/mol. The third-order valence-corrected chi connectivity index (χ3v) is 3.44. The lowest BCUT2D eigenvalue weighted by Gasteiger charge is -2.29. The van der Waals surface area contributed by atoms with Gasteiger partial charge in [0, 0.05) is 0 Å². The van der Waals surface area contributed by atoms with E-state index in [2.05, 4.69) is 25.7 Å². The standard InChI is InChI=1S/C12H25N3/c1-12(2,3)10-5-4-7-15(8-6-10)9-11(13)14/h10H,4-9H2,1-3H3,(H3,13,14). The minimum Gasteiger partial charge on any atom is -0.387 e. The van der Waals surface area contributed by atoms with E-state index in [4.69, 9.17) is 11.1 Å². The van der Waals surface area contributed by atoms with Crippen molar-refractivity contribution >= 4 is 5.84 Å². The normalized spacial score (nSPS) is 24.9. The molecule has 1 heterocycles. The molecule has 3 nitrogen and oxygen atoms in total. The number of amidine groups is 1. The number of likely N-dealkylation sites (tertiary alicyclic amines) is 1. The Kier molecular flexibility index (Phi) is 4.14. The first-order valence-electron chi connectivity index (χ1n) is 5.95. The van der Waals surface area contributed by atoms with Crippen LogP contribution >= 0.6 is 0 Å². The van der Waals surface area contributed by atoms with Crippen LogP contribution in [0.2, 0.25) is 0 Å². The Labute approximate surface area is 93.5 Å². The Morgan fingerprint density at radius 3 is 2.53 bits per heavy atom. The van der Waals surface area contributed by atoms with Gasteiger partial charge in [0.05, 0.1) is 6.54 Å². The lowest BCUT2D eigenvalue weighted by atomic mass is 9.77. The Hall–Kier alpha value is -0.570. The summed E-state index contributed by atoms with van der Waals surface area (Å²) in [6.45, 7) is 9.85. The van der Waals surface area contributed by atoms with Crippen LogP contribution in [0.3, 0.4) is 0 Å². The quantitative estimate of drug-likeness (QED) is 0.542. The predicted molar refractivity (Wildman–Crippen MR) is 65.2 cm³/mol. The molecule has 0 bridgehead atoms. The highest BCUT2D eigenvalue weighted by atomic mass is 15.1. The van der Waals surface area contributed by atoms with Crippen molar-refractivity contribution in [3.8, 4) is 0 Å². The molecule has 1 fully saturated rings. The van der Waals surface area contributed by atoms with Gasteiger partial charge in [-0.25, -0.2) is 0 Å². The van der Waals surface area contributed by atoms with Crippen LogP contribution < -0.4 is 5.73 Å². The summed E-state index contributed by atoms with van der Waals surface area (Å²) in [5.74, 6) is 1.11. The molecule has 1 unspecified atom stereocenters. The lowest BCUT2D eigenvalue weighted by Crippen LogP contribution is -2.34. The van der Waals surface area contributed by atoms with Crippen LogP contribution in [0.4, 0.5) is 0 Å². The molecule has 0 saturated carbocycles. The van der Waals surface area contributed by atoms with Crippen LogP contribution in [0.1, 0.15) is 40.0 Å². The van der Waals surface area contributed by atoms with Gasteiger partial charge in [-0.3, -0.25) is 10.3 Å². The van der Waals surface area contributed by atoms with Crippen molar-refractivity contribution in [1.29, 1.82) is 5.41 Å². The highest BCUT2D eigenvalue weighted by molar-refractivity contribution is 5.78. The molecule has 0 aromatic rings. The number of nitrogens with two attached hydrogens (primary N) is 1. The van der Waals surface area contributed by atoms with Gasteiger partial charge in [0.15, 0.2) is 0 Å². The van der Waals surface area contributed by atoms with Crippen molar-refractivity contribution in [2.24, 2.45) is 17.1 Å². The molecule has 3 heteroatoms. The highest BCUT2D eigenvalue weighted by Crippen LogP contribution is 2.34. The average Bonchev–Trinajstić information content (AvgIpc) is 2.27. The zero-order valence-electron chi connectivity index (χ0n) is 10.3. The number of nitrogens with one attached hydrogen (secondary N) is 1. The van der Waals surface area contributed by atoms with Crippen molar-refractivity contribution in [2.45, 2.75) is 40.0 Å². The van der Waals surface area contributed by atoms with Crippen LogP contribution in [0.5, 0.6) is 0 Å². The molecule has 0 amide bonds. The van der Waals surface area contributed by atoms with Crippen LogP contribution in [0.25, 0.3) is 0 Å². The smallest absolute Gasteiger partial charge is 0.105 e. The Balaban J connectivity index is 2.45. The molecule has 1 aliphatic heterocycles. The van der Waals surface area contributed by atoms with Gasteiger partial charge < -0.3 is 5.73 Å². The van der Waals surface area contributed by atoms with Gasteiger partial charge in [-0.15, -0.1) is 0 Å². The lowest BCUT2D eigenvalue weighted by molar-refractivity contribution is 0.211. The molecule has 0 aromatic carbocycles. The maximum absolute atomic E-state index is 7.31. The fourth-order valence-electron chi connectivity index (χ4n) is 2.42. The van der Waals surface area contributed by atoms with Gasteiger partial charge in [-0.05, 0) is 43.7 Å². The topological polar surface area (TPSA) is 53.1 Å². The van der Waals surface area contributed by atoms with Crippen LogP contribution in [0.15, 0.2) is 0 Å². The second-order valence-electron chi connectivity index (χ2n) is 5.80. The van der Waals surface area contributed by atoms with E-state index < -0.39 is 0 Å². The van der Waals surface area contributed by atoms with Gasteiger partial charge in [-0.1, -0.05) is 20.8 Å². The third-order valence-electron chi connectivity index (χ3n) is 3.44. The minimum atomic E-state index is 0.296. The first kappa shape index (κ1) is 12.5. The van der Waals surface area contributed by atoms with E-state index in [1.807, 2.05) is 0 Å². The van der Waals surface area contributed by atoms with Crippen LogP contribution in [-0.4, -0.2) is 30.4 Å². The molecule has 1 atom stereocenters. The Morgan fingerprint density at radius 1 is 1.33 bits per heavy atom. The summed E-state index contributed by atoms with van der Waals surface area (Å²) in [7, 11) is 0. The maximum atomic E-state index is 7.31. The summed E-state index contributed by atoms with van der Waals surface area (Å²) in [5, 5.41) is 7.31. The molecular formula is C12H25N3. The number of hydrogen-bond donors (Lipinski definition) is 2. The molecule has 88 valence electrons. The molecule has 15 heavy (non-hydrogen) atoms. The van der Waals surface area contributed by atoms with E-state index in [9.17, 15) is 0 Å². The number of rotatable bonds is 2. The number of nitrogens with zero attached hydrogens (tertiary/aromatic N) is 1. The fourth-order valence-corrected chi connectivity index (χ4v) is 2.42. The second kappa shape index (κ2) is 4.97. The molecular weight excluding hydrogens is 186 g/mol. The van der Waals surface area contributed by atoms with E-state index in [0.29, 0.717) is 17.8 Å². The van der Waals surface area contributed by atoms with Gasteiger partial charge in [0.2, 0.25) is 0 Å². The third kappa shape index (κ3) is 4.20. The molecule has 3 N–H and O–H groups in total. The Bertz CT molecular complexity index is 217. The summed E-state index contributed by atoms with van der Waals surface area (Å²) in [5.41, 5.74) is 5.86. The Morgan fingerprint density at radius 2 is 2.00 bits per heavy atom. The van der Waals surface area contributed by atoms with E-state index >= 15 is 0 Å². The second-order valence-corrected chi connectivity index (χ2v) is 5.80. The van der Waals surface area contributed by atoms with Gasteiger partial charge in [-0.2, -0.15) is 0 Å². The molecule has 0 spiro atoms. The molecule has 1 aliphatic rings. The van der Waals surface area contributed by atoms with Crippen molar-refractivity contribution in [3.63, 3.8) is 0 Å². The SMILES string of the molecule is CC(C)(C)C1CCCN(CC(=N)N)CC1. The zero-order valence-corrected chi connectivity index (χ0v) is 10.3. The summed E-state index contributed by atoms with van der Waals surface area (Å²) in [6, 6.07) is 0. The van der Waals surface area contributed by atoms with E-state index in [1.54, 1.807) is 0 Å². The largest absolute Gasteiger partial charge is 0.387 e. The maximum Gasteiger partial charge on any atom is 0.105 e. The zero-order chi connectivity index (χ0) is 11.5. The summed E-state index contributed by atoms with van der Waals surface area (Å²) < 4.78 is 0. The summed E-state index contributed by atoms with van der Waals surface area (Å²) >= 11 is 0. The molecule has 0 radical (unpaired) electrons. The van der Waals surface area contributed by atoms with Crippen molar-refractivity contribution < 1.29 is 0 Å². The minimum absolute atomic E-state index is 0.296. The van der Waals surface area contributed by atoms with Crippen molar-refractivity contribution in [1.82, 2.24) is 4.90 Å². The molecule has 1 saturated heterocycles.